The van der Waals surface area contributed by atoms with Crippen LogP contribution >= 0.6 is 11.3 Å². The molecule has 3 nitrogen and oxygen atoms in total. The van der Waals surface area contributed by atoms with E-state index < -0.39 is 0 Å². The highest BCUT2D eigenvalue weighted by Gasteiger charge is 2.17. The summed E-state index contributed by atoms with van der Waals surface area (Å²) in [6.45, 7) is 2.65. The molecule has 0 radical (unpaired) electrons. The normalized spacial score (nSPS) is 17.8. The average molecular weight is 288 g/mol. The predicted molar refractivity (Wildman–Crippen MR) is 82.1 cm³/mol. The van der Waals surface area contributed by atoms with Gasteiger partial charge in [-0.3, -0.25) is 0 Å². The van der Waals surface area contributed by atoms with Gasteiger partial charge in [-0.25, -0.2) is 4.98 Å². The maximum atomic E-state index is 6.18. The molecule has 4 heteroatoms. The zero-order valence-electron chi connectivity index (χ0n) is 11.8. The number of fused-ring (bicyclic) bond motifs is 1. The molecular formula is C16H20N2OS. The lowest BCUT2D eigenvalue weighted by atomic mass is 9.88. The third-order valence-electron chi connectivity index (χ3n) is 3.77. The Kier molecular flexibility index (Phi) is 4.03. The molecule has 20 heavy (non-hydrogen) atoms. The van der Waals surface area contributed by atoms with Crippen LogP contribution in [0.2, 0.25) is 0 Å². The van der Waals surface area contributed by atoms with Gasteiger partial charge in [0.2, 0.25) is 0 Å². The van der Waals surface area contributed by atoms with E-state index in [4.69, 9.17) is 10.5 Å². The first kappa shape index (κ1) is 13.6. The molecule has 3 rings (SSSR count). The monoisotopic (exact) mass is 288 g/mol. The van der Waals surface area contributed by atoms with Crippen LogP contribution < -0.4 is 10.5 Å². The van der Waals surface area contributed by atoms with Gasteiger partial charge < -0.3 is 10.5 Å². The average Bonchev–Trinajstić information content (AvgIpc) is 2.94. The number of nitrogens with zero attached hydrogens (tertiary/aromatic N) is 1. The van der Waals surface area contributed by atoms with Crippen molar-refractivity contribution in [3.05, 3.63) is 45.4 Å². The van der Waals surface area contributed by atoms with E-state index in [0.717, 1.165) is 35.7 Å². The lowest BCUT2D eigenvalue weighted by molar-refractivity contribution is 0.301. The summed E-state index contributed by atoms with van der Waals surface area (Å²) in [4.78, 5) is 4.52. The summed E-state index contributed by atoms with van der Waals surface area (Å²) in [5, 5.41) is 3.24. The first-order chi connectivity index (χ1) is 9.76. The minimum absolute atomic E-state index is 0.160. The van der Waals surface area contributed by atoms with E-state index in [1.54, 1.807) is 11.3 Å². The van der Waals surface area contributed by atoms with Crippen LogP contribution in [-0.4, -0.2) is 4.98 Å². The number of hydrogen-bond donors (Lipinski definition) is 1. The van der Waals surface area contributed by atoms with E-state index in [-0.39, 0.29) is 6.04 Å². The van der Waals surface area contributed by atoms with Crippen molar-refractivity contribution in [2.75, 3.05) is 0 Å². The van der Waals surface area contributed by atoms with E-state index in [9.17, 15) is 0 Å². The van der Waals surface area contributed by atoms with Crippen LogP contribution in [0.15, 0.2) is 23.6 Å². The number of hydrogen-bond acceptors (Lipinski definition) is 4. The molecule has 1 atom stereocenters. The molecule has 1 aliphatic rings. The van der Waals surface area contributed by atoms with Crippen LogP contribution in [0.5, 0.6) is 5.75 Å². The maximum absolute atomic E-state index is 6.18. The Hall–Kier alpha value is -1.39. The lowest BCUT2D eigenvalue weighted by Gasteiger charge is -2.22. The second-order valence-electron chi connectivity index (χ2n) is 5.23. The van der Waals surface area contributed by atoms with Gasteiger partial charge in [-0.05, 0) is 48.9 Å². The number of nitrogens with two attached hydrogens (primary N) is 1. The quantitative estimate of drug-likeness (QED) is 0.934. The first-order valence-electron chi connectivity index (χ1n) is 7.20. The minimum atomic E-state index is 0.160. The zero-order chi connectivity index (χ0) is 13.9. The highest BCUT2D eigenvalue weighted by molar-refractivity contribution is 7.09. The molecular weight excluding hydrogens is 268 g/mol. The summed E-state index contributed by atoms with van der Waals surface area (Å²) >= 11 is 1.70. The molecule has 0 saturated carbocycles. The van der Waals surface area contributed by atoms with Crippen molar-refractivity contribution < 1.29 is 4.74 Å². The molecule has 0 unspecified atom stereocenters. The minimum Gasteiger partial charge on any atom is -0.487 e. The molecule has 1 aromatic carbocycles. The Morgan fingerprint density at radius 3 is 3.15 bits per heavy atom. The van der Waals surface area contributed by atoms with Crippen molar-refractivity contribution in [3.8, 4) is 5.75 Å². The molecule has 0 fully saturated rings. The van der Waals surface area contributed by atoms with Crippen LogP contribution in [0.25, 0.3) is 0 Å². The summed E-state index contributed by atoms with van der Waals surface area (Å²) in [6, 6.07) is 6.46. The Morgan fingerprint density at radius 1 is 1.45 bits per heavy atom. The second kappa shape index (κ2) is 5.94. The third-order valence-corrected chi connectivity index (χ3v) is 4.81. The largest absolute Gasteiger partial charge is 0.487 e. The molecule has 2 aromatic rings. The summed E-state index contributed by atoms with van der Waals surface area (Å²) in [6.07, 6.45) is 4.38. The van der Waals surface area contributed by atoms with E-state index in [2.05, 4.69) is 29.4 Å². The molecule has 1 aliphatic carbocycles. The van der Waals surface area contributed by atoms with Crippen LogP contribution in [0.1, 0.15) is 47.6 Å². The van der Waals surface area contributed by atoms with Crippen LogP contribution in [0.4, 0.5) is 0 Å². The Labute approximate surface area is 123 Å². The van der Waals surface area contributed by atoms with Gasteiger partial charge in [-0.2, -0.15) is 0 Å². The second-order valence-corrected chi connectivity index (χ2v) is 6.18. The van der Waals surface area contributed by atoms with Crippen LogP contribution in [-0.2, 0) is 19.4 Å². The number of rotatable bonds is 4. The zero-order valence-corrected chi connectivity index (χ0v) is 12.6. The van der Waals surface area contributed by atoms with Crippen molar-refractivity contribution in [2.45, 2.75) is 45.3 Å². The smallest absolute Gasteiger partial charge is 0.131 e. The van der Waals surface area contributed by atoms with Gasteiger partial charge in [0.15, 0.2) is 0 Å². The molecule has 0 bridgehead atoms. The van der Waals surface area contributed by atoms with Gasteiger partial charge in [-0.1, -0.05) is 13.0 Å². The van der Waals surface area contributed by atoms with Gasteiger partial charge in [0.05, 0.1) is 10.7 Å². The fourth-order valence-electron chi connectivity index (χ4n) is 2.64. The van der Waals surface area contributed by atoms with Gasteiger partial charge in [0, 0.05) is 11.4 Å². The van der Waals surface area contributed by atoms with Gasteiger partial charge in [0.1, 0.15) is 12.4 Å². The number of ether oxygens (including phenoxy) is 1. The van der Waals surface area contributed by atoms with Crippen molar-refractivity contribution in [1.29, 1.82) is 0 Å². The van der Waals surface area contributed by atoms with E-state index in [0.29, 0.717) is 6.61 Å². The van der Waals surface area contributed by atoms with Crippen molar-refractivity contribution in [2.24, 2.45) is 5.73 Å². The topological polar surface area (TPSA) is 48.1 Å². The molecule has 1 aromatic heterocycles. The number of thiazole rings is 1. The molecule has 1 heterocycles. The number of aromatic nitrogens is 1. The van der Waals surface area contributed by atoms with Gasteiger partial charge in [-0.15, -0.1) is 11.3 Å². The molecule has 106 valence electrons. The Morgan fingerprint density at radius 2 is 2.35 bits per heavy atom. The highest BCUT2D eigenvalue weighted by Crippen LogP contribution is 2.31. The molecule has 0 aliphatic heterocycles. The number of benzene rings is 1. The highest BCUT2D eigenvalue weighted by atomic mass is 32.1. The summed E-state index contributed by atoms with van der Waals surface area (Å²) < 4.78 is 5.85. The van der Waals surface area contributed by atoms with Crippen LogP contribution in [0.3, 0.4) is 0 Å². The van der Waals surface area contributed by atoms with Crippen molar-refractivity contribution in [3.63, 3.8) is 0 Å². The molecule has 2 N–H and O–H groups in total. The SMILES string of the molecule is CCc1nc(COc2ccc3c(c2)[C@H](N)CCC3)cs1. The van der Waals surface area contributed by atoms with Gasteiger partial charge in [0.25, 0.3) is 0 Å². The van der Waals surface area contributed by atoms with Crippen LogP contribution in [0, 0.1) is 0 Å². The first-order valence-corrected chi connectivity index (χ1v) is 8.08. The number of aryl methyl sites for hydroxylation is 2. The predicted octanol–water partition coefficient (Wildman–Crippen LogP) is 3.62. The molecule has 0 spiro atoms. The fraction of sp³-hybridized carbons (Fsp3) is 0.438. The van der Waals surface area contributed by atoms with E-state index >= 15 is 0 Å². The Balaban J connectivity index is 1.70. The standard InChI is InChI=1S/C16H20N2OS/c1-2-16-18-12(10-20-16)9-19-13-7-6-11-4-3-5-15(17)14(11)8-13/h6-8,10,15H,2-5,9,17H2,1H3/t15-/m1/s1. The van der Waals surface area contributed by atoms with Gasteiger partial charge >= 0.3 is 0 Å². The fourth-order valence-corrected chi connectivity index (χ4v) is 3.37. The summed E-state index contributed by atoms with van der Waals surface area (Å²) in [5.74, 6) is 0.896. The molecule has 0 saturated heterocycles. The summed E-state index contributed by atoms with van der Waals surface area (Å²) in [5.41, 5.74) is 9.81. The Bertz CT molecular complexity index is 594. The summed E-state index contributed by atoms with van der Waals surface area (Å²) in [7, 11) is 0. The van der Waals surface area contributed by atoms with Crippen molar-refractivity contribution >= 4 is 11.3 Å². The lowest BCUT2D eigenvalue weighted by Crippen LogP contribution is -2.17. The third kappa shape index (κ3) is 2.86. The van der Waals surface area contributed by atoms with E-state index in [1.165, 1.54) is 17.5 Å². The van der Waals surface area contributed by atoms with Crippen molar-refractivity contribution in [1.82, 2.24) is 4.98 Å². The van der Waals surface area contributed by atoms with E-state index in [1.807, 2.05) is 6.07 Å². The maximum Gasteiger partial charge on any atom is 0.131 e. The molecule has 0 amide bonds.